The summed E-state index contributed by atoms with van der Waals surface area (Å²) in [5.74, 6) is 0.520. The summed E-state index contributed by atoms with van der Waals surface area (Å²) in [6.45, 7) is 5.13. The molecule has 1 fully saturated rings. The van der Waals surface area contributed by atoms with Crippen molar-refractivity contribution in [1.82, 2.24) is 9.62 Å². The van der Waals surface area contributed by atoms with E-state index in [1.165, 1.54) is 23.5 Å². The Bertz CT molecular complexity index is 968. The van der Waals surface area contributed by atoms with E-state index in [1.54, 1.807) is 6.07 Å². The molecule has 0 saturated carbocycles. The molecule has 162 valence electrons. The largest absolute Gasteiger partial charge is 0.496 e. The summed E-state index contributed by atoms with van der Waals surface area (Å²) in [5, 5.41) is 3.01. The first kappa shape index (κ1) is 22.3. The number of carbonyl (C=O) groups excluding carboxylic acids is 1. The van der Waals surface area contributed by atoms with Crippen molar-refractivity contribution in [2.75, 3.05) is 20.2 Å². The van der Waals surface area contributed by atoms with Crippen molar-refractivity contribution in [1.29, 1.82) is 0 Å². The van der Waals surface area contributed by atoms with Gasteiger partial charge in [0.2, 0.25) is 10.0 Å². The maximum absolute atomic E-state index is 13.1. The van der Waals surface area contributed by atoms with Crippen LogP contribution in [0.1, 0.15) is 55.1 Å². The van der Waals surface area contributed by atoms with Crippen LogP contribution in [0.4, 0.5) is 0 Å². The molecule has 0 spiro atoms. The van der Waals surface area contributed by atoms with Gasteiger partial charge in [-0.15, -0.1) is 0 Å². The van der Waals surface area contributed by atoms with Gasteiger partial charge >= 0.3 is 0 Å². The standard InChI is InChI=1S/C23H30N2O4S/c1-4-21(18-8-6-5-7-9-18)24-23(26)20-16-19(10-11-22(20)29-3)30(27,28)25-14-12-17(2)13-15-25/h5-11,16-17,21H,4,12-15H2,1-3H3,(H,24,26)/t21-/m0/s1. The second-order valence-corrected chi connectivity index (χ2v) is 9.73. The predicted octanol–water partition coefficient (Wildman–Crippen LogP) is 4.00. The third-order valence-corrected chi connectivity index (χ3v) is 7.61. The molecule has 1 saturated heterocycles. The summed E-state index contributed by atoms with van der Waals surface area (Å²) in [6.07, 6.45) is 2.40. The number of carbonyl (C=O) groups is 1. The molecule has 30 heavy (non-hydrogen) atoms. The van der Waals surface area contributed by atoms with Crippen LogP contribution in [-0.4, -0.2) is 38.8 Å². The molecular weight excluding hydrogens is 400 g/mol. The lowest BCUT2D eigenvalue weighted by atomic mass is 10.0. The van der Waals surface area contributed by atoms with Gasteiger partial charge in [0.1, 0.15) is 5.75 Å². The summed E-state index contributed by atoms with van der Waals surface area (Å²) in [7, 11) is -2.18. The van der Waals surface area contributed by atoms with E-state index in [1.807, 2.05) is 37.3 Å². The fourth-order valence-electron chi connectivity index (χ4n) is 3.74. The second-order valence-electron chi connectivity index (χ2n) is 7.79. The Labute approximate surface area is 179 Å². The Morgan fingerprint density at radius 2 is 1.83 bits per heavy atom. The molecular formula is C23H30N2O4S. The van der Waals surface area contributed by atoms with Gasteiger partial charge < -0.3 is 10.1 Å². The molecule has 1 N–H and O–H groups in total. The van der Waals surface area contributed by atoms with E-state index < -0.39 is 10.0 Å². The van der Waals surface area contributed by atoms with Crippen molar-refractivity contribution in [3.8, 4) is 5.75 Å². The molecule has 1 atom stereocenters. The molecule has 0 bridgehead atoms. The zero-order valence-corrected chi connectivity index (χ0v) is 18.6. The number of ether oxygens (including phenoxy) is 1. The highest BCUT2D eigenvalue weighted by Crippen LogP contribution is 2.28. The van der Waals surface area contributed by atoms with Gasteiger partial charge in [-0.1, -0.05) is 44.2 Å². The summed E-state index contributed by atoms with van der Waals surface area (Å²) < 4.78 is 33.1. The molecule has 6 nitrogen and oxygen atoms in total. The summed E-state index contributed by atoms with van der Waals surface area (Å²) in [6, 6.07) is 14.0. The number of rotatable bonds is 7. The highest BCUT2D eigenvalue weighted by atomic mass is 32.2. The van der Waals surface area contributed by atoms with Crippen LogP contribution in [0.25, 0.3) is 0 Å². The van der Waals surface area contributed by atoms with E-state index in [0.717, 1.165) is 18.4 Å². The minimum Gasteiger partial charge on any atom is -0.496 e. The Balaban J connectivity index is 1.88. The molecule has 2 aromatic rings. The quantitative estimate of drug-likeness (QED) is 0.720. The van der Waals surface area contributed by atoms with Gasteiger partial charge in [-0.05, 0) is 48.9 Å². The molecule has 0 aromatic heterocycles. The van der Waals surface area contributed by atoms with Crippen LogP contribution in [-0.2, 0) is 10.0 Å². The number of benzene rings is 2. The minimum absolute atomic E-state index is 0.121. The van der Waals surface area contributed by atoms with Gasteiger partial charge in [0.15, 0.2) is 0 Å². The number of sulfonamides is 1. The average molecular weight is 431 g/mol. The molecule has 1 amide bonds. The topological polar surface area (TPSA) is 75.7 Å². The molecule has 1 aliphatic rings. The van der Waals surface area contributed by atoms with Gasteiger partial charge in [-0.2, -0.15) is 4.31 Å². The Morgan fingerprint density at radius 1 is 1.17 bits per heavy atom. The van der Waals surface area contributed by atoms with Gasteiger partial charge in [0.25, 0.3) is 5.91 Å². The normalized spacial score (nSPS) is 16.8. The van der Waals surface area contributed by atoms with Crippen molar-refractivity contribution >= 4 is 15.9 Å². The highest BCUT2D eigenvalue weighted by molar-refractivity contribution is 7.89. The van der Waals surface area contributed by atoms with Gasteiger partial charge in [0, 0.05) is 13.1 Å². The summed E-state index contributed by atoms with van der Waals surface area (Å²) in [5.41, 5.74) is 1.22. The minimum atomic E-state index is -3.65. The van der Waals surface area contributed by atoms with Gasteiger partial charge in [-0.3, -0.25) is 4.79 Å². The van der Waals surface area contributed by atoms with Crippen LogP contribution in [0.2, 0.25) is 0 Å². The van der Waals surface area contributed by atoms with E-state index in [0.29, 0.717) is 31.2 Å². The lowest BCUT2D eigenvalue weighted by Crippen LogP contribution is -2.38. The van der Waals surface area contributed by atoms with E-state index >= 15 is 0 Å². The molecule has 0 radical (unpaired) electrons. The van der Waals surface area contributed by atoms with Gasteiger partial charge in [-0.25, -0.2) is 8.42 Å². The van der Waals surface area contributed by atoms with Crippen molar-refractivity contribution < 1.29 is 17.9 Å². The maximum Gasteiger partial charge on any atom is 0.255 e. The van der Waals surface area contributed by atoms with E-state index in [-0.39, 0.29) is 22.4 Å². The highest BCUT2D eigenvalue weighted by Gasteiger charge is 2.29. The second kappa shape index (κ2) is 9.62. The summed E-state index contributed by atoms with van der Waals surface area (Å²) in [4.78, 5) is 13.2. The SMILES string of the molecule is CC[C@H](NC(=O)c1cc(S(=O)(=O)N2CCC(C)CC2)ccc1OC)c1ccccc1. The number of hydrogen-bond donors (Lipinski definition) is 1. The van der Waals surface area contributed by atoms with Crippen LogP contribution in [0.15, 0.2) is 53.4 Å². The van der Waals surface area contributed by atoms with Gasteiger partial charge in [0.05, 0.1) is 23.6 Å². The number of piperidine rings is 1. The zero-order valence-electron chi connectivity index (χ0n) is 17.8. The van der Waals surface area contributed by atoms with E-state index in [9.17, 15) is 13.2 Å². The summed E-state index contributed by atoms with van der Waals surface area (Å²) >= 11 is 0. The molecule has 1 aliphatic heterocycles. The van der Waals surface area contributed by atoms with Crippen molar-refractivity contribution in [3.05, 3.63) is 59.7 Å². The maximum atomic E-state index is 13.1. The third-order valence-electron chi connectivity index (χ3n) is 5.71. The number of amides is 1. The van der Waals surface area contributed by atoms with Crippen molar-refractivity contribution in [3.63, 3.8) is 0 Å². The Morgan fingerprint density at radius 3 is 2.43 bits per heavy atom. The third kappa shape index (κ3) is 4.84. The lowest BCUT2D eigenvalue weighted by Gasteiger charge is -2.29. The van der Waals surface area contributed by atoms with Crippen LogP contribution in [0.3, 0.4) is 0 Å². The van der Waals surface area contributed by atoms with Crippen molar-refractivity contribution in [2.24, 2.45) is 5.92 Å². The molecule has 2 aromatic carbocycles. The monoisotopic (exact) mass is 430 g/mol. The molecule has 7 heteroatoms. The molecule has 1 heterocycles. The number of nitrogens with zero attached hydrogens (tertiary/aromatic N) is 1. The van der Waals surface area contributed by atoms with Crippen LogP contribution < -0.4 is 10.1 Å². The molecule has 0 aliphatic carbocycles. The first-order valence-corrected chi connectivity index (χ1v) is 11.8. The van der Waals surface area contributed by atoms with Crippen molar-refractivity contribution in [2.45, 2.75) is 44.0 Å². The molecule has 0 unspecified atom stereocenters. The average Bonchev–Trinajstić information content (AvgIpc) is 2.77. The fourth-order valence-corrected chi connectivity index (χ4v) is 5.24. The predicted molar refractivity (Wildman–Crippen MR) is 117 cm³/mol. The van der Waals surface area contributed by atoms with Crippen LogP contribution in [0.5, 0.6) is 5.75 Å². The zero-order chi connectivity index (χ0) is 21.7. The van der Waals surface area contributed by atoms with Crippen LogP contribution in [0, 0.1) is 5.92 Å². The molecule has 3 rings (SSSR count). The van der Waals surface area contributed by atoms with Crippen LogP contribution >= 0.6 is 0 Å². The lowest BCUT2D eigenvalue weighted by molar-refractivity contribution is 0.0932. The first-order chi connectivity index (χ1) is 14.4. The number of nitrogens with one attached hydrogen (secondary N) is 1. The Kier molecular flexibility index (Phi) is 7.15. The van der Waals surface area contributed by atoms with E-state index in [2.05, 4.69) is 12.2 Å². The number of methoxy groups -OCH3 is 1. The smallest absolute Gasteiger partial charge is 0.255 e. The number of hydrogen-bond acceptors (Lipinski definition) is 4. The fraction of sp³-hybridized carbons (Fsp3) is 0.435. The first-order valence-electron chi connectivity index (χ1n) is 10.4. The Hall–Kier alpha value is -2.38. The van der Waals surface area contributed by atoms with E-state index in [4.69, 9.17) is 4.74 Å².